The van der Waals surface area contributed by atoms with Crippen molar-refractivity contribution in [1.82, 2.24) is 10.2 Å². The van der Waals surface area contributed by atoms with E-state index in [9.17, 15) is 14.4 Å². The van der Waals surface area contributed by atoms with Crippen LogP contribution < -0.4 is 5.32 Å². The summed E-state index contributed by atoms with van der Waals surface area (Å²) in [5.74, 6) is -0.443. The average molecular weight is 344 g/mol. The summed E-state index contributed by atoms with van der Waals surface area (Å²) in [5, 5.41) is 2.90. The maximum atomic E-state index is 12.5. The fraction of sp³-hybridized carbons (Fsp3) is 0.526. The molecule has 1 aromatic carbocycles. The van der Waals surface area contributed by atoms with Gasteiger partial charge in [0.1, 0.15) is 5.60 Å². The summed E-state index contributed by atoms with van der Waals surface area (Å²) < 4.78 is 5.31. The molecular weight excluding hydrogens is 320 g/mol. The highest BCUT2D eigenvalue weighted by molar-refractivity contribution is 6.21. The maximum absolute atomic E-state index is 12.5. The molecule has 1 aliphatic carbocycles. The zero-order valence-corrected chi connectivity index (χ0v) is 14.9. The first-order valence-corrected chi connectivity index (χ1v) is 8.71. The largest absolute Gasteiger partial charge is 0.444 e. The molecule has 1 aromatic rings. The molecule has 0 spiro atoms. The Morgan fingerprint density at radius 3 is 2.32 bits per heavy atom. The average Bonchev–Trinajstić information content (AvgIpc) is 3.05. The second-order valence-electron chi connectivity index (χ2n) is 7.71. The van der Waals surface area contributed by atoms with E-state index < -0.39 is 11.7 Å². The highest BCUT2D eigenvalue weighted by atomic mass is 16.6. The lowest BCUT2D eigenvalue weighted by Gasteiger charge is -2.26. The van der Waals surface area contributed by atoms with E-state index in [0.29, 0.717) is 17.7 Å². The SMILES string of the molecule is CC(C)(C)OC(=O)NC1CCCC1CN1C(=O)c2ccccc2C1=O. The number of rotatable bonds is 3. The molecule has 1 N–H and O–H groups in total. The quantitative estimate of drug-likeness (QED) is 0.855. The van der Waals surface area contributed by atoms with Crippen LogP contribution in [0.25, 0.3) is 0 Å². The summed E-state index contributed by atoms with van der Waals surface area (Å²) in [4.78, 5) is 38.3. The lowest BCUT2D eigenvalue weighted by Crippen LogP contribution is -2.45. The number of benzene rings is 1. The summed E-state index contributed by atoms with van der Waals surface area (Å²) >= 11 is 0. The molecule has 0 saturated heterocycles. The minimum atomic E-state index is -0.555. The van der Waals surface area contributed by atoms with Crippen LogP contribution in [0.15, 0.2) is 24.3 Å². The van der Waals surface area contributed by atoms with Crippen molar-refractivity contribution in [3.63, 3.8) is 0 Å². The van der Waals surface area contributed by atoms with E-state index in [4.69, 9.17) is 4.74 Å². The van der Waals surface area contributed by atoms with Gasteiger partial charge in [-0.3, -0.25) is 14.5 Å². The summed E-state index contributed by atoms with van der Waals surface area (Å²) in [6.45, 7) is 5.78. The number of carbonyl (C=O) groups is 3. The van der Waals surface area contributed by atoms with Crippen molar-refractivity contribution in [3.05, 3.63) is 35.4 Å². The van der Waals surface area contributed by atoms with Crippen LogP contribution in [0.5, 0.6) is 0 Å². The van der Waals surface area contributed by atoms with Crippen LogP contribution in [0.3, 0.4) is 0 Å². The molecule has 1 aliphatic heterocycles. The minimum absolute atomic E-state index is 0.0507. The van der Waals surface area contributed by atoms with Gasteiger partial charge in [0.25, 0.3) is 11.8 Å². The summed E-state index contributed by atoms with van der Waals surface area (Å²) in [6, 6.07) is 6.80. The first-order chi connectivity index (χ1) is 11.8. The third kappa shape index (κ3) is 3.67. The van der Waals surface area contributed by atoms with Crippen molar-refractivity contribution in [1.29, 1.82) is 0 Å². The predicted molar refractivity (Wildman–Crippen MR) is 92.3 cm³/mol. The van der Waals surface area contributed by atoms with Gasteiger partial charge in [-0.15, -0.1) is 0 Å². The van der Waals surface area contributed by atoms with Crippen molar-refractivity contribution in [2.24, 2.45) is 5.92 Å². The normalized spacial score (nSPS) is 22.9. The monoisotopic (exact) mass is 344 g/mol. The van der Waals surface area contributed by atoms with Crippen LogP contribution in [0.4, 0.5) is 4.79 Å². The van der Waals surface area contributed by atoms with Gasteiger partial charge in [0.05, 0.1) is 11.1 Å². The molecule has 1 saturated carbocycles. The Morgan fingerprint density at radius 1 is 1.16 bits per heavy atom. The van der Waals surface area contributed by atoms with Gasteiger partial charge in [-0.25, -0.2) is 4.79 Å². The molecule has 1 heterocycles. The van der Waals surface area contributed by atoms with Crippen molar-refractivity contribution < 1.29 is 19.1 Å². The van der Waals surface area contributed by atoms with Gasteiger partial charge in [-0.1, -0.05) is 18.6 Å². The van der Waals surface area contributed by atoms with Crippen molar-refractivity contribution >= 4 is 17.9 Å². The van der Waals surface area contributed by atoms with Gasteiger partial charge in [-0.05, 0) is 51.7 Å². The van der Waals surface area contributed by atoms with Crippen LogP contribution >= 0.6 is 0 Å². The highest BCUT2D eigenvalue weighted by Gasteiger charge is 2.39. The maximum Gasteiger partial charge on any atom is 0.407 e. The molecule has 2 aliphatic rings. The Hall–Kier alpha value is -2.37. The molecular formula is C19H24N2O4. The van der Waals surface area contributed by atoms with Crippen LogP contribution in [0.2, 0.25) is 0 Å². The molecule has 3 rings (SSSR count). The zero-order chi connectivity index (χ0) is 18.2. The van der Waals surface area contributed by atoms with Crippen LogP contribution in [0.1, 0.15) is 60.7 Å². The highest BCUT2D eigenvalue weighted by Crippen LogP contribution is 2.30. The number of nitrogens with zero attached hydrogens (tertiary/aromatic N) is 1. The smallest absolute Gasteiger partial charge is 0.407 e. The Morgan fingerprint density at radius 2 is 1.76 bits per heavy atom. The molecule has 3 amide bonds. The Labute approximate surface area is 147 Å². The van der Waals surface area contributed by atoms with E-state index in [2.05, 4.69) is 5.32 Å². The van der Waals surface area contributed by atoms with E-state index in [1.165, 1.54) is 4.90 Å². The van der Waals surface area contributed by atoms with Crippen LogP contribution in [-0.4, -0.2) is 41.0 Å². The summed E-state index contributed by atoms with van der Waals surface area (Å²) in [7, 11) is 0. The molecule has 2 atom stereocenters. The number of nitrogens with one attached hydrogen (secondary N) is 1. The molecule has 6 nitrogen and oxygen atoms in total. The second-order valence-corrected chi connectivity index (χ2v) is 7.71. The van der Waals surface area contributed by atoms with Crippen LogP contribution in [-0.2, 0) is 4.74 Å². The fourth-order valence-electron chi connectivity index (χ4n) is 3.54. The number of alkyl carbamates (subject to hydrolysis) is 1. The lowest BCUT2D eigenvalue weighted by molar-refractivity contribution is 0.0484. The minimum Gasteiger partial charge on any atom is -0.444 e. The Kier molecular flexibility index (Phi) is 4.54. The summed E-state index contributed by atoms with van der Waals surface area (Å²) in [5.41, 5.74) is 0.366. The van der Waals surface area contributed by atoms with E-state index in [1.54, 1.807) is 24.3 Å². The number of hydrogen-bond acceptors (Lipinski definition) is 4. The molecule has 0 aromatic heterocycles. The third-order valence-corrected chi connectivity index (χ3v) is 4.66. The number of fused-ring (bicyclic) bond motifs is 1. The van der Waals surface area contributed by atoms with Crippen molar-refractivity contribution in [3.8, 4) is 0 Å². The van der Waals surface area contributed by atoms with Crippen LogP contribution in [0, 0.1) is 5.92 Å². The fourth-order valence-corrected chi connectivity index (χ4v) is 3.54. The van der Waals surface area contributed by atoms with Gasteiger partial charge in [-0.2, -0.15) is 0 Å². The van der Waals surface area contributed by atoms with Gasteiger partial charge in [0.2, 0.25) is 0 Å². The van der Waals surface area contributed by atoms with Crippen molar-refractivity contribution in [2.75, 3.05) is 6.54 Å². The van der Waals surface area contributed by atoms with E-state index >= 15 is 0 Å². The number of amides is 3. The standard InChI is InChI=1S/C19H24N2O4/c1-19(2,3)25-18(24)20-15-10-6-7-12(15)11-21-16(22)13-8-4-5-9-14(13)17(21)23/h4-5,8-9,12,15H,6-7,10-11H2,1-3H3,(H,20,24). The zero-order valence-electron chi connectivity index (χ0n) is 14.9. The lowest BCUT2D eigenvalue weighted by atomic mass is 10.0. The predicted octanol–water partition coefficient (Wildman–Crippen LogP) is 2.98. The molecule has 6 heteroatoms. The van der Waals surface area contributed by atoms with E-state index in [-0.39, 0.29) is 23.8 Å². The molecule has 134 valence electrons. The Balaban J connectivity index is 1.66. The number of imide groups is 1. The number of ether oxygens (including phenoxy) is 1. The van der Waals surface area contributed by atoms with E-state index in [1.807, 2.05) is 20.8 Å². The van der Waals surface area contributed by atoms with Gasteiger partial charge in [0.15, 0.2) is 0 Å². The van der Waals surface area contributed by atoms with Gasteiger partial charge >= 0.3 is 6.09 Å². The molecule has 0 radical (unpaired) electrons. The Bertz CT molecular complexity index is 673. The first-order valence-electron chi connectivity index (χ1n) is 8.71. The van der Waals surface area contributed by atoms with Gasteiger partial charge in [0, 0.05) is 12.6 Å². The second kappa shape index (κ2) is 6.50. The third-order valence-electron chi connectivity index (χ3n) is 4.66. The number of carbonyl (C=O) groups excluding carboxylic acids is 3. The van der Waals surface area contributed by atoms with Crippen molar-refractivity contribution in [2.45, 2.75) is 51.7 Å². The molecule has 2 unspecified atom stereocenters. The molecule has 25 heavy (non-hydrogen) atoms. The summed E-state index contributed by atoms with van der Waals surface area (Å²) in [6.07, 6.45) is 2.20. The topological polar surface area (TPSA) is 75.7 Å². The van der Waals surface area contributed by atoms with Gasteiger partial charge < -0.3 is 10.1 Å². The first kappa shape index (κ1) is 17.5. The number of hydrogen-bond donors (Lipinski definition) is 1. The van der Waals surface area contributed by atoms with E-state index in [0.717, 1.165) is 19.3 Å². The molecule has 1 fully saturated rings. The molecule has 0 bridgehead atoms.